The zero-order valence-electron chi connectivity index (χ0n) is 35.3. The average molecular weight is 935 g/mol. The van der Waals surface area contributed by atoms with E-state index in [4.69, 9.17) is 4.98 Å². The Morgan fingerprint density at radius 1 is 0.927 bits per heavy atom. The number of ketones is 1. The molecule has 2 aromatic heterocycles. The Labute approximate surface area is 349 Å². The number of allylic oxidation sites excluding steroid dienone is 2. The minimum Gasteiger partial charge on any atom is -0.512 e. The third-order valence-electron chi connectivity index (χ3n) is 13.1. The van der Waals surface area contributed by atoms with Crippen LogP contribution in [0.1, 0.15) is 149 Å². The van der Waals surface area contributed by atoms with Crippen LogP contribution in [0.25, 0.3) is 42.6 Å². The van der Waals surface area contributed by atoms with Gasteiger partial charge >= 0.3 is 0 Å². The van der Waals surface area contributed by atoms with E-state index in [1.54, 1.807) is 0 Å². The van der Waals surface area contributed by atoms with Crippen molar-refractivity contribution in [2.45, 2.75) is 139 Å². The molecule has 2 heterocycles. The monoisotopic (exact) mass is 935 g/mol. The predicted octanol–water partition coefficient (Wildman–Crippen LogP) is 15.3. The van der Waals surface area contributed by atoms with Gasteiger partial charge < -0.3 is 5.11 Å². The minimum absolute atomic E-state index is 0. The van der Waals surface area contributed by atoms with Gasteiger partial charge in [-0.3, -0.25) is 9.78 Å². The first kappa shape index (κ1) is 44.6. The first-order valence-electron chi connectivity index (χ1n) is 20.5. The first-order valence-corrected chi connectivity index (χ1v) is 21.3. The molecule has 1 aliphatic carbocycles. The largest absolute Gasteiger partial charge is 0.512 e. The maximum Gasteiger partial charge on any atom is 0.164 e. The van der Waals surface area contributed by atoms with E-state index >= 15 is 0 Å². The molecule has 297 valence electrons. The number of hydrogen-bond acceptors (Lipinski definition) is 4. The average Bonchev–Trinajstić information content (AvgIpc) is 3.52. The molecule has 6 rings (SSSR count). The first-order chi connectivity index (χ1) is 25.6. The van der Waals surface area contributed by atoms with Gasteiger partial charge in [0, 0.05) is 58.5 Å². The van der Waals surface area contributed by atoms with Gasteiger partial charge in [-0.05, 0) is 104 Å². The SMILES string of the molecule is CCC(C)(CC)C(=O)/C=C(\O)C(C)(CC)CC.Cc1c(-c2ccc(C3CCC(C)(C)CC3)cc2)sc2c(-c3[c-]c4ccccc4c(C(C)C)c3)nccc12.[Ir]. The van der Waals surface area contributed by atoms with E-state index in [0.717, 1.165) is 42.3 Å². The van der Waals surface area contributed by atoms with Crippen LogP contribution >= 0.6 is 11.3 Å². The van der Waals surface area contributed by atoms with Crippen molar-refractivity contribution >= 4 is 38.0 Å². The van der Waals surface area contributed by atoms with E-state index in [1.165, 1.54) is 74.4 Å². The summed E-state index contributed by atoms with van der Waals surface area (Å²) in [6.45, 7) is 23.7. The molecule has 1 N–H and O–H groups in total. The van der Waals surface area contributed by atoms with Crippen LogP contribution in [0.3, 0.4) is 0 Å². The fraction of sp³-hybridized carbons (Fsp3) is 0.480. The van der Waals surface area contributed by atoms with Crippen LogP contribution in [-0.2, 0) is 24.9 Å². The molecule has 1 fully saturated rings. The van der Waals surface area contributed by atoms with E-state index in [0.29, 0.717) is 17.3 Å². The minimum atomic E-state index is -0.337. The number of nitrogens with zero attached hydrogens (tertiary/aromatic N) is 1. The second kappa shape index (κ2) is 18.4. The van der Waals surface area contributed by atoms with Gasteiger partial charge in [-0.15, -0.1) is 40.5 Å². The quantitative estimate of drug-likeness (QED) is 0.0816. The fourth-order valence-corrected chi connectivity index (χ4v) is 9.11. The molecule has 55 heavy (non-hydrogen) atoms. The molecular weight excluding hydrogens is 871 g/mol. The van der Waals surface area contributed by atoms with Crippen LogP contribution < -0.4 is 0 Å². The summed E-state index contributed by atoms with van der Waals surface area (Å²) in [7, 11) is 0. The molecule has 0 unspecified atom stereocenters. The molecule has 3 nitrogen and oxygen atoms in total. The topological polar surface area (TPSA) is 50.2 Å². The van der Waals surface area contributed by atoms with Gasteiger partial charge in [-0.2, -0.15) is 0 Å². The maximum atomic E-state index is 12.2. The summed E-state index contributed by atoms with van der Waals surface area (Å²) in [6.07, 6.45) is 12.0. The van der Waals surface area contributed by atoms with Crippen molar-refractivity contribution in [1.29, 1.82) is 0 Å². The fourth-order valence-electron chi connectivity index (χ4n) is 7.80. The molecule has 0 amide bonds. The van der Waals surface area contributed by atoms with Crippen molar-refractivity contribution in [2.24, 2.45) is 16.2 Å². The van der Waals surface area contributed by atoms with Gasteiger partial charge in [-0.25, -0.2) is 0 Å². The predicted molar refractivity (Wildman–Crippen MR) is 234 cm³/mol. The number of hydrogen-bond donors (Lipinski definition) is 1. The zero-order valence-corrected chi connectivity index (χ0v) is 38.5. The van der Waals surface area contributed by atoms with E-state index < -0.39 is 0 Å². The Kier molecular flexibility index (Phi) is 14.9. The van der Waals surface area contributed by atoms with Crippen LogP contribution in [0, 0.1) is 29.2 Å². The smallest absolute Gasteiger partial charge is 0.164 e. The number of pyridine rings is 1. The van der Waals surface area contributed by atoms with Crippen molar-refractivity contribution in [3.63, 3.8) is 0 Å². The van der Waals surface area contributed by atoms with Crippen molar-refractivity contribution in [3.8, 4) is 21.7 Å². The molecule has 1 saturated carbocycles. The summed E-state index contributed by atoms with van der Waals surface area (Å²) in [5.41, 5.74) is 7.58. The van der Waals surface area contributed by atoms with Crippen LogP contribution in [0.15, 0.2) is 78.7 Å². The molecule has 5 aromatic rings. The Balaban J connectivity index is 0.000000320. The number of carbonyl (C=O) groups excluding carboxylic acids is 1. The Bertz CT molecular complexity index is 2090. The molecule has 0 bridgehead atoms. The third kappa shape index (κ3) is 9.72. The number of benzene rings is 3. The Morgan fingerprint density at radius 3 is 2.11 bits per heavy atom. The number of aryl methyl sites for hydroxylation is 1. The van der Waals surface area contributed by atoms with Gasteiger partial charge in [0.2, 0.25) is 0 Å². The molecule has 0 saturated heterocycles. The number of thiophene rings is 1. The van der Waals surface area contributed by atoms with E-state index in [2.05, 4.69) is 101 Å². The van der Waals surface area contributed by atoms with Crippen LogP contribution in [-0.4, -0.2) is 15.9 Å². The zero-order chi connectivity index (χ0) is 39.4. The molecular formula is C50H64IrNO2S-. The second-order valence-corrected chi connectivity index (χ2v) is 18.4. The van der Waals surface area contributed by atoms with Crippen molar-refractivity contribution in [2.75, 3.05) is 0 Å². The van der Waals surface area contributed by atoms with Crippen LogP contribution in [0.5, 0.6) is 0 Å². The summed E-state index contributed by atoms with van der Waals surface area (Å²) in [4.78, 5) is 18.4. The van der Waals surface area contributed by atoms with Crippen LogP contribution in [0.4, 0.5) is 0 Å². The summed E-state index contributed by atoms with van der Waals surface area (Å²) in [5, 5.41) is 13.9. The van der Waals surface area contributed by atoms with Gasteiger partial charge in [0.15, 0.2) is 5.78 Å². The number of aliphatic hydroxyl groups excluding tert-OH is 1. The van der Waals surface area contributed by atoms with E-state index in [1.807, 2.05) is 59.1 Å². The van der Waals surface area contributed by atoms with Crippen molar-refractivity contribution in [1.82, 2.24) is 4.98 Å². The Morgan fingerprint density at radius 2 is 1.53 bits per heavy atom. The van der Waals surface area contributed by atoms with Crippen molar-refractivity contribution < 1.29 is 30.0 Å². The summed E-state index contributed by atoms with van der Waals surface area (Å²) < 4.78 is 1.26. The molecule has 0 atom stereocenters. The van der Waals surface area contributed by atoms with Gasteiger partial charge in [0.1, 0.15) is 5.76 Å². The summed E-state index contributed by atoms with van der Waals surface area (Å²) in [5.74, 6) is 1.43. The molecule has 0 spiro atoms. The second-order valence-electron chi connectivity index (χ2n) is 17.4. The standard InChI is InChI=1S/C35H36NS.C15H28O2.Ir/c1-22(2)31-21-28(20-27-8-6-7-9-30(27)31)32-34-29(16-19-36-32)23(3)33(37-34)26-12-10-24(11-13-26)25-14-17-35(4,5)18-15-25;1-7-14(5,8-2)12(16)11-13(17)15(6,9-3)10-4;/h6-13,16,19,21-22,25H,14-15,17-18H2,1-5H3;11,16H,7-10H2,1-6H3;/q-1;;/b;12-11-;. The summed E-state index contributed by atoms with van der Waals surface area (Å²) in [6, 6.07) is 26.2. The maximum absolute atomic E-state index is 12.2. The van der Waals surface area contributed by atoms with Crippen molar-refractivity contribution in [3.05, 3.63) is 101 Å². The van der Waals surface area contributed by atoms with E-state index in [-0.39, 0.29) is 42.5 Å². The van der Waals surface area contributed by atoms with Gasteiger partial charge in [0.05, 0.1) is 0 Å². The number of fused-ring (bicyclic) bond motifs is 2. The molecule has 5 heteroatoms. The molecule has 3 aromatic carbocycles. The third-order valence-corrected chi connectivity index (χ3v) is 14.5. The number of carbonyl (C=O) groups is 1. The van der Waals surface area contributed by atoms with Crippen LogP contribution in [0.2, 0.25) is 0 Å². The molecule has 1 aliphatic rings. The number of aromatic nitrogens is 1. The molecule has 1 radical (unpaired) electrons. The number of aliphatic hydroxyl groups is 1. The summed E-state index contributed by atoms with van der Waals surface area (Å²) >= 11 is 1.88. The molecule has 0 aliphatic heterocycles. The van der Waals surface area contributed by atoms with E-state index in [9.17, 15) is 9.90 Å². The van der Waals surface area contributed by atoms with Gasteiger partial charge in [0.25, 0.3) is 0 Å². The number of rotatable bonds is 11. The normalized spacial score (nSPS) is 15.2. The van der Waals surface area contributed by atoms with Gasteiger partial charge in [-0.1, -0.05) is 123 Å². The Hall–Kier alpha value is -3.11.